The Bertz CT molecular complexity index is 228. The number of rotatable bonds is 1. The number of pyridine rings is 1. The quantitative estimate of drug-likeness (QED) is 0.573. The molecule has 1 rings (SSSR count). The first-order valence-corrected chi connectivity index (χ1v) is 3.59. The van der Waals surface area contributed by atoms with Crippen LogP contribution in [-0.4, -0.2) is 4.98 Å². The van der Waals surface area contributed by atoms with Gasteiger partial charge in [-0.05, 0) is 31.4 Å². The number of aromatic nitrogens is 1. The maximum absolute atomic E-state index is 4.12. The van der Waals surface area contributed by atoms with E-state index in [1.165, 1.54) is 11.1 Å². The van der Waals surface area contributed by atoms with Gasteiger partial charge < -0.3 is 0 Å². The van der Waals surface area contributed by atoms with Crippen molar-refractivity contribution in [3.8, 4) is 0 Å². The number of hydrogen-bond donors (Lipinski definition) is 0. The minimum Gasteiger partial charge on any atom is -0.251 e. The van der Waals surface area contributed by atoms with Gasteiger partial charge in [0.1, 0.15) is 0 Å². The molecular formula is C9H12N. The van der Waals surface area contributed by atoms with Crippen molar-refractivity contribution < 1.29 is 0 Å². The molecule has 0 aliphatic rings. The van der Waals surface area contributed by atoms with Gasteiger partial charge in [-0.1, -0.05) is 13.0 Å². The first-order valence-electron chi connectivity index (χ1n) is 3.59. The van der Waals surface area contributed by atoms with E-state index in [-0.39, 0.29) is 0 Å². The highest BCUT2D eigenvalue weighted by atomic mass is 14.7. The van der Waals surface area contributed by atoms with E-state index in [4.69, 9.17) is 0 Å². The van der Waals surface area contributed by atoms with Gasteiger partial charge in [0.05, 0.1) is 6.20 Å². The largest absolute Gasteiger partial charge is 0.251 e. The van der Waals surface area contributed by atoms with E-state index in [0.717, 1.165) is 12.1 Å². The van der Waals surface area contributed by atoms with Gasteiger partial charge in [-0.15, -0.1) is 0 Å². The summed E-state index contributed by atoms with van der Waals surface area (Å²) in [5.41, 5.74) is 3.54. The maximum atomic E-state index is 4.12. The molecule has 0 aliphatic heterocycles. The van der Waals surface area contributed by atoms with Gasteiger partial charge in [-0.25, -0.2) is 0 Å². The highest BCUT2D eigenvalue weighted by Gasteiger charge is 1.94. The average molecular weight is 134 g/mol. The van der Waals surface area contributed by atoms with E-state index in [2.05, 4.69) is 31.1 Å². The van der Waals surface area contributed by atoms with Crippen LogP contribution in [0.15, 0.2) is 6.07 Å². The van der Waals surface area contributed by atoms with Gasteiger partial charge >= 0.3 is 0 Å². The molecule has 0 spiro atoms. The predicted molar refractivity (Wildman–Crippen MR) is 41.9 cm³/mol. The maximum Gasteiger partial charge on any atom is 0.0924 e. The predicted octanol–water partition coefficient (Wildman–Crippen LogP) is 2.06. The molecule has 53 valence electrons. The lowest BCUT2D eigenvalue weighted by Crippen LogP contribution is -1.90. The van der Waals surface area contributed by atoms with Crippen LogP contribution in [-0.2, 0) is 6.42 Å². The fourth-order valence-electron chi connectivity index (χ4n) is 0.823. The van der Waals surface area contributed by atoms with Crippen LogP contribution in [0.4, 0.5) is 0 Å². The van der Waals surface area contributed by atoms with Crippen LogP contribution in [0.2, 0.25) is 0 Å². The highest BCUT2D eigenvalue weighted by molar-refractivity contribution is 5.21. The van der Waals surface area contributed by atoms with E-state index in [1.54, 1.807) is 0 Å². The second-order valence-corrected chi connectivity index (χ2v) is 2.52. The molecule has 1 heterocycles. The van der Waals surface area contributed by atoms with Crippen LogP contribution in [0.1, 0.15) is 23.7 Å². The summed E-state index contributed by atoms with van der Waals surface area (Å²) in [6.45, 7) is 6.20. The molecule has 1 aromatic heterocycles. The Labute approximate surface area is 62.1 Å². The van der Waals surface area contributed by atoms with Crippen molar-refractivity contribution in [2.45, 2.75) is 27.2 Å². The monoisotopic (exact) mass is 134 g/mol. The SMILES string of the molecule is CCc1[c]nc(C)c(C)c1. The molecule has 1 heteroatoms. The lowest BCUT2D eigenvalue weighted by Gasteiger charge is -1.99. The van der Waals surface area contributed by atoms with Crippen LogP contribution in [0.3, 0.4) is 0 Å². The standard InChI is InChI=1S/C9H12N/c1-4-9-5-7(2)8(3)10-6-9/h5H,4H2,1-3H3. The van der Waals surface area contributed by atoms with E-state index >= 15 is 0 Å². The van der Waals surface area contributed by atoms with E-state index < -0.39 is 0 Å². The van der Waals surface area contributed by atoms with Crippen LogP contribution < -0.4 is 0 Å². The summed E-state index contributed by atoms with van der Waals surface area (Å²) in [5, 5.41) is 0. The lowest BCUT2D eigenvalue weighted by molar-refractivity contribution is 1.05. The molecule has 0 bridgehead atoms. The fourth-order valence-corrected chi connectivity index (χ4v) is 0.823. The van der Waals surface area contributed by atoms with Crippen molar-refractivity contribution in [1.29, 1.82) is 0 Å². The number of hydrogen-bond acceptors (Lipinski definition) is 1. The highest BCUT2D eigenvalue weighted by Crippen LogP contribution is 2.05. The molecule has 1 nitrogen and oxygen atoms in total. The average Bonchev–Trinajstić information content (AvgIpc) is 1.95. The van der Waals surface area contributed by atoms with Crippen molar-refractivity contribution in [2.24, 2.45) is 0 Å². The van der Waals surface area contributed by atoms with Gasteiger partial charge in [0, 0.05) is 5.69 Å². The molecule has 0 unspecified atom stereocenters. The van der Waals surface area contributed by atoms with Gasteiger partial charge in [0.15, 0.2) is 0 Å². The summed E-state index contributed by atoms with van der Waals surface area (Å²) >= 11 is 0. The van der Waals surface area contributed by atoms with Crippen LogP contribution in [0.5, 0.6) is 0 Å². The van der Waals surface area contributed by atoms with E-state index in [0.29, 0.717) is 0 Å². The Morgan fingerprint density at radius 3 is 2.70 bits per heavy atom. The Morgan fingerprint density at radius 2 is 2.20 bits per heavy atom. The Hall–Kier alpha value is -0.850. The molecule has 0 atom stereocenters. The second-order valence-electron chi connectivity index (χ2n) is 2.52. The molecule has 0 aliphatic carbocycles. The van der Waals surface area contributed by atoms with Crippen LogP contribution in [0.25, 0.3) is 0 Å². The minimum atomic E-state index is 1.02. The molecule has 10 heavy (non-hydrogen) atoms. The topological polar surface area (TPSA) is 12.9 Å². The third-order valence-corrected chi connectivity index (χ3v) is 1.71. The Morgan fingerprint density at radius 1 is 1.50 bits per heavy atom. The molecule has 0 N–H and O–H groups in total. The van der Waals surface area contributed by atoms with E-state index in [1.807, 2.05) is 6.92 Å². The number of nitrogens with zero attached hydrogens (tertiary/aromatic N) is 1. The third kappa shape index (κ3) is 1.35. The molecule has 0 amide bonds. The van der Waals surface area contributed by atoms with Crippen molar-refractivity contribution in [3.05, 3.63) is 29.1 Å². The molecule has 1 radical (unpaired) electrons. The normalized spacial score (nSPS) is 9.90. The lowest BCUT2D eigenvalue weighted by atomic mass is 10.1. The summed E-state index contributed by atoms with van der Waals surface area (Å²) in [5.74, 6) is 0. The fraction of sp³-hybridized carbons (Fsp3) is 0.444. The van der Waals surface area contributed by atoms with Gasteiger partial charge in [0.2, 0.25) is 0 Å². The van der Waals surface area contributed by atoms with Gasteiger partial charge in [-0.2, -0.15) is 0 Å². The smallest absolute Gasteiger partial charge is 0.0924 e. The molecule has 0 fully saturated rings. The summed E-state index contributed by atoms with van der Waals surface area (Å²) in [6.07, 6.45) is 4.00. The first-order chi connectivity index (χ1) is 4.74. The zero-order valence-corrected chi connectivity index (χ0v) is 6.73. The van der Waals surface area contributed by atoms with Crippen LogP contribution >= 0.6 is 0 Å². The minimum absolute atomic E-state index is 1.02. The first kappa shape index (κ1) is 7.26. The van der Waals surface area contributed by atoms with Crippen LogP contribution in [0, 0.1) is 20.0 Å². The molecule has 0 saturated carbocycles. The Balaban J connectivity index is 3.04. The zero-order valence-electron chi connectivity index (χ0n) is 6.73. The van der Waals surface area contributed by atoms with Crippen molar-refractivity contribution in [1.82, 2.24) is 4.98 Å². The van der Waals surface area contributed by atoms with Gasteiger partial charge in [-0.3, -0.25) is 4.98 Å². The van der Waals surface area contributed by atoms with Gasteiger partial charge in [0.25, 0.3) is 0 Å². The zero-order chi connectivity index (χ0) is 7.56. The van der Waals surface area contributed by atoms with Crippen molar-refractivity contribution in [2.75, 3.05) is 0 Å². The Kier molecular flexibility index (Phi) is 2.05. The van der Waals surface area contributed by atoms with Crippen molar-refractivity contribution >= 4 is 0 Å². The summed E-state index contributed by atoms with van der Waals surface area (Å²) in [6, 6.07) is 2.14. The molecule has 0 aromatic carbocycles. The summed E-state index contributed by atoms with van der Waals surface area (Å²) in [7, 11) is 0. The molecular weight excluding hydrogens is 122 g/mol. The molecule has 1 aromatic rings. The van der Waals surface area contributed by atoms with E-state index in [9.17, 15) is 0 Å². The second kappa shape index (κ2) is 2.82. The molecule has 0 saturated heterocycles. The third-order valence-electron chi connectivity index (χ3n) is 1.71. The summed E-state index contributed by atoms with van der Waals surface area (Å²) < 4.78 is 0. The summed E-state index contributed by atoms with van der Waals surface area (Å²) in [4.78, 5) is 4.12. The van der Waals surface area contributed by atoms with Crippen molar-refractivity contribution in [3.63, 3.8) is 0 Å². The number of aryl methyl sites for hydroxylation is 3.